The molecular weight excluding hydrogens is 394 g/mol. The third kappa shape index (κ3) is 5.22. The number of esters is 1. The van der Waals surface area contributed by atoms with Crippen LogP contribution in [0.3, 0.4) is 0 Å². The van der Waals surface area contributed by atoms with E-state index in [1.165, 1.54) is 28.6 Å². The summed E-state index contributed by atoms with van der Waals surface area (Å²) in [6.45, 7) is 1.88. The zero-order valence-electron chi connectivity index (χ0n) is 16.8. The molecular formula is C20H27N3O5S. The van der Waals surface area contributed by atoms with Crippen molar-refractivity contribution in [3.8, 4) is 0 Å². The Bertz CT molecular complexity index is 918. The van der Waals surface area contributed by atoms with Gasteiger partial charge in [-0.25, -0.2) is 13.2 Å². The number of aromatic nitrogens is 2. The molecule has 0 amide bonds. The van der Waals surface area contributed by atoms with Crippen molar-refractivity contribution in [2.75, 3.05) is 7.05 Å². The molecule has 0 saturated heterocycles. The Balaban J connectivity index is 1.61. The number of aryl methyl sites for hydroxylation is 1. The monoisotopic (exact) mass is 421 g/mol. The third-order valence-corrected chi connectivity index (χ3v) is 7.09. The molecule has 0 atom stereocenters. The van der Waals surface area contributed by atoms with Gasteiger partial charge in [0.1, 0.15) is 0 Å². The highest BCUT2D eigenvalue weighted by atomic mass is 32.2. The molecule has 9 heteroatoms. The van der Waals surface area contributed by atoms with Gasteiger partial charge in [0.05, 0.1) is 10.5 Å². The molecule has 8 nitrogen and oxygen atoms in total. The van der Waals surface area contributed by atoms with Gasteiger partial charge < -0.3 is 9.26 Å². The Labute approximate surface area is 171 Å². The number of nitrogens with zero attached hydrogens (tertiary/aromatic N) is 3. The van der Waals surface area contributed by atoms with E-state index in [0.717, 1.165) is 38.5 Å². The summed E-state index contributed by atoms with van der Waals surface area (Å²) in [6, 6.07) is 5.83. The van der Waals surface area contributed by atoms with E-state index in [-0.39, 0.29) is 29.0 Å². The average molecular weight is 422 g/mol. The zero-order chi connectivity index (χ0) is 20.9. The number of hydrogen-bond donors (Lipinski definition) is 0. The van der Waals surface area contributed by atoms with E-state index in [9.17, 15) is 13.2 Å². The van der Waals surface area contributed by atoms with Crippen LogP contribution in [0.4, 0.5) is 0 Å². The summed E-state index contributed by atoms with van der Waals surface area (Å²) in [6.07, 6.45) is 6.62. The first-order chi connectivity index (χ1) is 13.9. The summed E-state index contributed by atoms with van der Waals surface area (Å²) < 4.78 is 37.4. The molecule has 1 heterocycles. The number of carbonyl (C=O) groups excluding carboxylic acids is 1. The summed E-state index contributed by atoms with van der Waals surface area (Å²) in [5, 5.41) is 3.80. The van der Waals surface area contributed by atoms with E-state index in [0.29, 0.717) is 12.2 Å². The van der Waals surface area contributed by atoms with Crippen molar-refractivity contribution in [1.82, 2.24) is 14.4 Å². The topological polar surface area (TPSA) is 103 Å². The molecule has 1 saturated carbocycles. The first-order valence-corrected chi connectivity index (χ1v) is 11.4. The summed E-state index contributed by atoms with van der Waals surface area (Å²) in [5.74, 6) is 0.232. The second-order valence-electron chi connectivity index (χ2n) is 7.27. The van der Waals surface area contributed by atoms with Crippen LogP contribution in [0.5, 0.6) is 0 Å². The largest absolute Gasteiger partial charge is 0.452 e. The molecule has 1 aromatic heterocycles. The van der Waals surface area contributed by atoms with Gasteiger partial charge in [-0.3, -0.25) is 0 Å². The van der Waals surface area contributed by atoms with Crippen molar-refractivity contribution in [2.24, 2.45) is 0 Å². The van der Waals surface area contributed by atoms with Crippen LogP contribution >= 0.6 is 0 Å². The number of ether oxygens (including phenoxy) is 1. The summed E-state index contributed by atoms with van der Waals surface area (Å²) in [4.78, 5) is 16.5. The van der Waals surface area contributed by atoms with E-state index >= 15 is 0 Å². The van der Waals surface area contributed by atoms with Gasteiger partial charge in [0.15, 0.2) is 12.4 Å². The van der Waals surface area contributed by atoms with Crippen molar-refractivity contribution in [3.63, 3.8) is 0 Å². The predicted molar refractivity (Wildman–Crippen MR) is 106 cm³/mol. The number of benzene rings is 1. The lowest BCUT2D eigenvalue weighted by Crippen LogP contribution is -2.38. The lowest BCUT2D eigenvalue weighted by atomic mass is 9.96. The molecule has 0 bridgehead atoms. The van der Waals surface area contributed by atoms with Crippen LogP contribution in [0.2, 0.25) is 0 Å². The molecule has 2 aromatic rings. The molecule has 29 heavy (non-hydrogen) atoms. The van der Waals surface area contributed by atoms with Gasteiger partial charge in [-0.15, -0.1) is 0 Å². The van der Waals surface area contributed by atoms with Gasteiger partial charge in [-0.05, 0) is 43.5 Å². The fourth-order valence-corrected chi connectivity index (χ4v) is 4.87. The first kappa shape index (κ1) is 21.4. The molecule has 158 valence electrons. The normalized spacial score (nSPS) is 15.6. The molecule has 1 fully saturated rings. The molecule has 1 aliphatic rings. The fraction of sp³-hybridized carbons (Fsp3) is 0.550. The van der Waals surface area contributed by atoms with Gasteiger partial charge in [-0.2, -0.15) is 9.29 Å². The summed E-state index contributed by atoms with van der Waals surface area (Å²) >= 11 is 0. The predicted octanol–water partition coefficient (Wildman–Crippen LogP) is 3.33. The Kier molecular flexibility index (Phi) is 7.02. The van der Waals surface area contributed by atoms with Crippen molar-refractivity contribution in [3.05, 3.63) is 41.5 Å². The highest BCUT2D eigenvalue weighted by molar-refractivity contribution is 7.89. The van der Waals surface area contributed by atoms with Crippen LogP contribution in [0.25, 0.3) is 0 Å². The van der Waals surface area contributed by atoms with E-state index in [2.05, 4.69) is 10.1 Å². The van der Waals surface area contributed by atoms with E-state index in [1.54, 1.807) is 7.05 Å². The van der Waals surface area contributed by atoms with Crippen molar-refractivity contribution < 1.29 is 22.5 Å². The zero-order valence-corrected chi connectivity index (χ0v) is 17.7. The highest BCUT2D eigenvalue weighted by Gasteiger charge is 2.29. The second kappa shape index (κ2) is 9.49. The number of hydrogen-bond acceptors (Lipinski definition) is 7. The van der Waals surface area contributed by atoms with E-state index in [4.69, 9.17) is 9.26 Å². The smallest absolute Gasteiger partial charge is 0.338 e. The number of sulfonamides is 1. The maximum Gasteiger partial charge on any atom is 0.338 e. The Morgan fingerprint density at radius 2 is 1.90 bits per heavy atom. The van der Waals surface area contributed by atoms with Gasteiger partial charge >= 0.3 is 5.97 Å². The fourth-order valence-electron chi connectivity index (χ4n) is 3.45. The third-order valence-electron chi connectivity index (χ3n) is 5.17. The van der Waals surface area contributed by atoms with Crippen molar-refractivity contribution in [2.45, 2.75) is 69.4 Å². The molecule has 0 aliphatic heterocycles. The van der Waals surface area contributed by atoms with Crippen molar-refractivity contribution >= 4 is 16.0 Å². The van der Waals surface area contributed by atoms with Crippen LogP contribution in [-0.4, -0.2) is 41.9 Å². The van der Waals surface area contributed by atoms with Gasteiger partial charge in [0.25, 0.3) is 5.89 Å². The molecule has 1 aromatic carbocycles. The minimum atomic E-state index is -3.59. The van der Waals surface area contributed by atoms with Crippen LogP contribution in [0.1, 0.15) is 67.5 Å². The number of carbonyl (C=O) groups is 1. The first-order valence-electron chi connectivity index (χ1n) is 9.98. The quantitative estimate of drug-likeness (QED) is 0.602. The highest BCUT2D eigenvalue weighted by Crippen LogP contribution is 2.26. The Morgan fingerprint density at radius 3 is 2.55 bits per heavy atom. The second-order valence-corrected chi connectivity index (χ2v) is 9.27. The maximum atomic E-state index is 12.9. The van der Waals surface area contributed by atoms with Crippen molar-refractivity contribution in [1.29, 1.82) is 0 Å². The summed E-state index contributed by atoms with van der Waals surface area (Å²) in [5.41, 5.74) is 0.262. The molecule has 0 spiro atoms. The van der Waals surface area contributed by atoms with Crippen LogP contribution in [0.15, 0.2) is 33.7 Å². The minimum absolute atomic E-state index is 0.0328. The molecule has 1 aliphatic carbocycles. The number of rotatable bonds is 8. The molecule has 0 N–H and O–H groups in total. The van der Waals surface area contributed by atoms with Gasteiger partial charge in [0, 0.05) is 19.5 Å². The summed E-state index contributed by atoms with van der Waals surface area (Å²) in [7, 11) is -1.96. The van der Waals surface area contributed by atoms with Gasteiger partial charge in [0.2, 0.25) is 10.0 Å². The molecule has 3 rings (SSSR count). The average Bonchev–Trinajstić information content (AvgIpc) is 3.20. The van der Waals surface area contributed by atoms with Crippen LogP contribution < -0.4 is 0 Å². The maximum absolute atomic E-state index is 12.9. The Morgan fingerprint density at radius 1 is 1.21 bits per heavy atom. The minimum Gasteiger partial charge on any atom is -0.452 e. The molecule has 0 radical (unpaired) electrons. The van der Waals surface area contributed by atoms with E-state index in [1.807, 2.05) is 6.92 Å². The molecule has 0 unspecified atom stereocenters. The Hall–Kier alpha value is -2.26. The van der Waals surface area contributed by atoms with Crippen LogP contribution in [0, 0.1) is 0 Å². The lowest BCUT2D eigenvalue weighted by Gasteiger charge is -2.30. The SMILES string of the molecule is CCCc1noc(COC(=O)c2ccc(S(=O)(=O)N(C)C3CCCCC3)cc2)n1. The standard InChI is InChI=1S/C20H27N3O5S/c1-3-7-18-21-19(28-22-18)14-27-20(24)15-10-12-17(13-11-15)29(25,26)23(2)16-8-5-4-6-9-16/h10-13,16H,3-9,14H2,1-2H3. The van der Waals surface area contributed by atoms with Crippen LogP contribution in [-0.2, 0) is 27.8 Å². The lowest BCUT2D eigenvalue weighted by molar-refractivity contribution is 0.0429. The van der Waals surface area contributed by atoms with E-state index < -0.39 is 16.0 Å². The van der Waals surface area contributed by atoms with Gasteiger partial charge in [-0.1, -0.05) is 31.3 Å².